The van der Waals surface area contributed by atoms with Gasteiger partial charge in [0.2, 0.25) is 5.91 Å². The van der Waals surface area contributed by atoms with Crippen LogP contribution in [0.1, 0.15) is 13.3 Å². The molecule has 21 heavy (non-hydrogen) atoms. The van der Waals surface area contributed by atoms with Crippen LogP contribution < -0.4 is 22.4 Å². The van der Waals surface area contributed by atoms with Gasteiger partial charge in [0.25, 0.3) is 0 Å². The lowest BCUT2D eigenvalue weighted by atomic mass is 10.2. The van der Waals surface area contributed by atoms with Gasteiger partial charge in [0, 0.05) is 6.42 Å². The number of nitrogens with zero attached hydrogens (tertiary/aromatic N) is 2. The number of nitrogens with two attached hydrogens (primary N) is 2. The minimum absolute atomic E-state index is 0.0378. The van der Waals surface area contributed by atoms with Crippen LogP contribution in [0, 0.1) is 0 Å². The van der Waals surface area contributed by atoms with E-state index in [0.717, 1.165) is 0 Å². The Labute approximate surface area is 119 Å². The van der Waals surface area contributed by atoms with E-state index in [-0.39, 0.29) is 24.4 Å². The van der Waals surface area contributed by atoms with E-state index in [2.05, 4.69) is 15.3 Å². The second-order valence-corrected chi connectivity index (χ2v) is 4.48. The van der Waals surface area contributed by atoms with Crippen molar-refractivity contribution in [3.63, 3.8) is 0 Å². The van der Waals surface area contributed by atoms with Crippen molar-refractivity contribution in [2.24, 2.45) is 16.5 Å². The summed E-state index contributed by atoms with van der Waals surface area (Å²) < 4.78 is 4.94. The van der Waals surface area contributed by atoms with Gasteiger partial charge in [0.15, 0.2) is 5.96 Å². The summed E-state index contributed by atoms with van der Waals surface area (Å²) in [4.78, 5) is 31.4. The first kappa shape index (κ1) is 14.5. The summed E-state index contributed by atoms with van der Waals surface area (Å²) >= 11 is 0. The number of fused-ring (bicyclic) bond motifs is 1. The van der Waals surface area contributed by atoms with Crippen LogP contribution in [0.4, 0.5) is 6.01 Å². The van der Waals surface area contributed by atoms with Crippen LogP contribution >= 0.6 is 0 Å². The van der Waals surface area contributed by atoms with Crippen LogP contribution in [0.25, 0.3) is 10.9 Å². The van der Waals surface area contributed by atoms with Gasteiger partial charge in [-0.1, -0.05) is 12.1 Å². The Bertz CT molecular complexity index is 749. The van der Waals surface area contributed by atoms with E-state index in [4.69, 9.17) is 15.9 Å². The molecule has 1 aromatic heterocycles. The lowest BCUT2D eigenvalue weighted by Gasteiger charge is -2.07. The van der Waals surface area contributed by atoms with Crippen LogP contribution in [0.15, 0.2) is 38.5 Å². The van der Waals surface area contributed by atoms with Gasteiger partial charge in [-0.3, -0.25) is 15.1 Å². The van der Waals surface area contributed by atoms with Crippen molar-refractivity contribution in [3.8, 4) is 0 Å². The van der Waals surface area contributed by atoms with E-state index in [9.17, 15) is 9.59 Å². The first-order chi connectivity index (χ1) is 9.95. The fourth-order valence-corrected chi connectivity index (χ4v) is 1.81. The molecule has 0 aliphatic carbocycles. The third kappa shape index (κ3) is 3.78. The molecule has 1 atom stereocenters. The molecule has 2 aromatic rings. The number of para-hydroxylation sites is 1. The quantitative estimate of drug-likeness (QED) is 0.542. The predicted molar refractivity (Wildman–Crippen MR) is 78.8 cm³/mol. The van der Waals surface area contributed by atoms with Gasteiger partial charge in [0.1, 0.15) is 0 Å². The Morgan fingerprint density at radius 3 is 2.86 bits per heavy atom. The van der Waals surface area contributed by atoms with Crippen molar-refractivity contribution in [3.05, 3.63) is 34.7 Å². The highest BCUT2D eigenvalue weighted by Gasteiger charge is 2.12. The molecule has 5 N–H and O–H groups in total. The minimum Gasteiger partial charge on any atom is -0.388 e. The zero-order valence-electron chi connectivity index (χ0n) is 11.4. The average molecular weight is 289 g/mol. The van der Waals surface area contributed by atoms with Gasteiger partial charge in [-0.05, 0) is 19.1 Å². The molecule has 8 nitrogen and oxygen atoms in total. The molecule has 0 aliphatic rings. The Balaban J connectivity index is 2.15. The standard InChI is InChI=1S/C13H15N5O3/c1-7(16-12(14)15)6-10(19)18-13-17-9-5-3-2-4-8(9)11(20)21-13/h2-5,7H,6H2,1H3,(H4,14,15,16)(H,17,18,19). The lowest BCUT2D eigenvalue weighted by Crippen LogP contribution is -2.26. The van der Waals surface area contributed by atoms with Crippen LogP contribution in [0.3, 0.4) is 0 Å². The molecule has 0 spiro atoms. The summed E-state index contributed by atoms with van der Waals surface area (Å²) in [5.74, 6) is -0.496. The van der Waals surface area contributed by atoms with Gasteiger partial charge in [-0.15, -0.1) is 0 Å². The number of nitrogens with one attached hydrogen (secondary N) is 1. The second kappa shape index (κ2) is 6.04. The van der Waals surface area contributed by atoms with Gasteiger partial charge < -0.3 is 15.9 Å². The van der Waals surface area contributed by atoms with Crippen molar-refractivity contribution in [2.75, 3.05) is 5.32 Å². The molecule has 1 unspecified atom stereocenters. The third-order valence-corrected chi connectivity index (χ3v) is 2.63. The van der Waals surface area contributed by atoms with Crippen molar-refractivity contribution in [1.82, 2.24) is 4.98 Å². The van der Waals surface area contributed by atoms with E-state index in [1.54, 1.807) is 31.2 Å². The first-order valence-electron chi connectivity index (χ1n) is 6.24. The predicted octanol–water partition coefficient (Wildman–Crippen LogP) is 0.178. The second-order valence-electron chi connectivity index (χ2n) is 4.48. The SMILES string of the molecule is CC(CC(=O)Nc1nc2ccccc2c(=O)o1)N=C(N)N. The fourth-order valence-electron chi connectivity index (χ4n) is 1.81. The summed E-state index contributed by atoms with van der Waals surface area (Å²) in [5, 5.41) is 2.76. The van der Waals surface area contributed by atoms with Crippen LogP contribution in [-0.2, 0) is 4.79 Å². The Hall–Kier alpha value is -2.90. The summed E-state index contributed by atoms with van der Waals surface area (Å²) in [7, 11) is 0. The fraction of sp³-hybridized carbons (Fsp3) is 0.231. The summed E-state index contributed by atoms with van der Waals surface area (Å²) in [6.45, 7) is 1.68. The highest BCUT2D eigenvalue weighted by molar-refractivity contribution is 5.90. The maximum atomic E-state index is 11.8. The van der Waals surface area contributed by atoms with Gasteiger partial charge in [-0.2, -0.15) is 4.98 Å². The maximum Gasteiger partial charge on any atom is 0.348 e. The number of hydrogen-bond donors (Lipinski definition) is 3. The average Bonchev–Trinajstić information content (AvgIpc) is 2.37. The summed E-state index contributed by atoms with van der Waals surface area (Å²) in [6.07, 6.45) is 0.0378. The molecule has 8 heteroatoms. The number of carbonyl (C=O) groups is 1. The Kier molecular flexibility index (Phi) is 4.17. The van der Waals surface area contributed by atoms with Crippen molar-refractivity contribution in [1.29, 1.82) is 0 Å². The Morgan fingerprint density at radius 2 is 2.14 bits per heavy atom. The normalized spacial score (nSPS) is 11.9. The van der Waals surface area contributed by atoms with Crippen molar-refractivity contribution < 1.29 is 9.21 Å². The van der Waals surface area contributed by atoms with Crippen LogP contribution in [0.2, 0.25) is 0 Å². The monoisotopic (exact) mass is 289 g/mol. The maximum absolute atomic E-state index is 11.8. The number of guanidine groups is 1. The highest BCUT2D eigenvalue weighted by Crippen LogP contribution is 2.10. The lowest BCUT2D eigenvalue weighted by molar-refractivity contribution is -0.116. The molecule has 0 radical (unpaired) electrons. The van der Waals surface area contributed by atoms with Gasteiger partial charge in [0.05, 0.1) is 16.9 Å². The van der Waals surface area contributed by atoms with E-state index < -0.39 is 11.5 Å². The number of aliphatic imine (C=N–C) groups is 1. The molecule has 0 aliphatic heterocycles. The van der Waals surface area contributed by atoms with Crippen molar-refractivity contribution >= 4 is 28.8 Å². The molecule has 1 amide bonds. The number of rotatable bonds is 4. The van der Waals surface area contributed by atoms with Crippen LogP contribution in [0.5, 0.6) is 0 Å². The molecule has 0 fully saturated rings. The molecule has 110 valence electrons. The molecule has 1 aromatic carbocycles. The van der Waals surface area contributed by atoms with E-state index in [1.165, 1.54) is 0 Å². The molecular weight excluding hydrogens is 274 g/mol. The zero-order chi connectivity index (χ0) is 15.4. The number of benzene rings is 1. The molecule has 0 saturated carbocycles. The summed E-state index contributed by atoms with van der Waals surface area (Å²) in [5.41, 5.74) is 10.3. The number of carbonyl (C=O) groups excluding carboxylic acids is 1. The molecule has 1 heterocycles. The topological polar surface area (TPSA) is 137 Å². The first-order valence-corrected chi connectivity index (χ1v) is 6.24. The molecular formula is C13H15N5O3. The zero-order valence-corrected chi connectivity index (χ0v) is 11.4. The van der Waals surface area contributed by atoms with E-state index in [1.807, 2.05) is 0 Å². The number of amides is 1. The number of aromatic nitrogens is 1. The van der Waals surface area contributed by atoms with E-state index in [0.29, 0.717) is 10.9 Å². The van der Waals surface area contributed by atoms with Gasteiger partial charge in [-0.25, -0.2) is 4.79 Å². The minimum atomic E-state index is -0.562. The molecule has 0 bridgehead atoms. The molecule has 0 saturated heterocycles. The summed E-state index contributed by atoms with van der Waals surface area (Å²) in [6, 6.07) is 6.16. The molecule has 2 rings (SSSR count). The smallest absolute Gasteiger partial charge is 0.348 e. The van der Waals surface area contributed by atoms with E-state index >= 15 is 0 Å². The highest BCUT2D eigenvalue weighted by atomic mass is 16.4. The number of anilines is 1. The Morgan fingerprint density at radius 1 is 1.43 bits per heavy atom. The van der Waals surface area contributed by atoms with Gasteiger partial charge >= 0.3 is 11.6 Å². The van der Waals surface area contributed by atoms with Crippen LogP contribution in [-0.4, -0.2) is 22.9 Å². The largest absolute Gasteiger partial charge is 0.388 e. The van der Waals surface area contributed by atoms with Crippen molar-refractivity contribution in [2.45, 2.75) is 19.4 Å². The number of hydrogen-bond acceptors (Lipinski definition) is 5. The third-order valence-electron chi connectivity index (χ3n) is 2.63.